The minimum absolute atomic E-state index is 0.164. The molecule has 30 heavy (non-hydrogen) atoms. The number of pyridine rings is 1. The number of ether oxygens (including phenoxy) is 2. The summed E-state index contributed by atoms with van der Waals surface area (Å²) in [6.07, 6.45) is 2.24. The van der Waals surface area contributed by atoms with Crippen LogP contribution in [0, 0.1) is 13.8 Å². The number of aromatic nitrogens is 1. The first-order valence-electron chi connectivity index (χ1n) is 10.5. The number of aryl methyl sites for hydroxylation is 2. The molecule has 1 fully saturated rings. The summed E-state index contributed by atoms with van der Waals surface area (Å²) in [7, 11) is 0. The Bertz CT molecular complexity index is 1140. The fourth-order valence-electron chi connectivity index (χ4n) is 4.28. The third-order valence-electron chi connectivity index (χ3n) is 5.72. The van der Waals surface area contributed by atoms with Crippen LogP contribution in [0.5, 0.6) is 11.5 Å². The van der Waals surface area contributed by atoms with Crippen molar-refractivity contribution in [3.8, 4) is 11.5 Å². The van der Waals surface area contributed by atoms with Crippen LogP contribution in [0.15, 0.2) is 36.4 Å². The topological polar surface area (TPSA) is 63.7 Å². The largest absolute Gasteiger partial charge is 0.486 e. The molecular weight excluding hydrogens is 378 g/mol. The van der Waals surface area contributed by atoms with Crippen molar-refractivity contribution < 1.29 is 14.3 Å². The van der Waals surface area contributed by atoms with Gasteiger partial charge in [0.1, 0.15) is 19.0 Å². The summed E-state index contributed by atoms with van der Waals surface area (Å²) in [6, 6.07) is 11.7. The van der Waals surface area contributed by atoms with Crippen LogP contribution in [0.4, 0.5) is 11.5 Å². The van der Waals surface area contributed by atoms with Gasteiger partial charge < -0.3 is 19.7 Å². The SMILES string of the molecule is Cc1cc(C)c2cc(C(=O)Nc3ccc4c(c3)OCCO4)c(N3CCCC3)nc2c1. The fourth-order valence-corrected chi connectivity index (χ4v) is 4.28. The van der Waals surface area contributed by atoms with Gasteiger partial charge in [-0.2, -0.15) is 0 Å². The molecule has 1 N–H and O–H groups in total. The van der Waals surface area contributed by atoms with Crippen LogP contribution >= 0.6 is 0 Å². The Hall–Kier alpha value is -3.28. The summed E-state index contributed by atoms with van der Waals surface area (Å²) < 4.78 is 11.2. The van der Waals surface area contributed by atoms with Gasteiger partial charge in [0.2, 0.25) is 0 Å². The molecule has 0 radical (unpaired) electrons. The number of benzene rings is 2. The Balaban J connectivity index is 1.54. The van der Waals surface area contributed by atoms with Gasteiger partial charge in [0, 0.05) is 30.2 Å². The lowest BCUT2D eigenvalue weighted by Gasteiger charge is -2.22. The maximum Gasteiger partial charge on any atom is 0.259 e. The smallest absolute Gasteiger partial charge is 0.259 e. The molecule has 2 aliphatic rings. The molecule has 0 spiro atoms. The van der Waals surface area contributed by atoms with Gasteiger partial charge in [-0.25, -0.2) is 4.98 Å². The Kier molecular flexibility index (Phi) is 4.69. The summed E-state index contributed by atoms with van der Waals surface area (Å²) in [5, 5.41) is 4.04. The van der Waals surface area contributed by atoms with Crippen LogP contribution in [-0.2, 0) is 0 Å². The number of nitrogens with zero attached hydrogens (tertiary/aromatic N) is 2. The van der Waals surface area contributed by atoms with E-state index in [0.717, 1.165) is 48.2 Å². The highest BCUT2D eigenvalue weighted by Gasteiger charge is 2.23. The van der Waals surface area contributed by atoms with E-state index in [4.69, 9.17) is 14.5 Å². The van der Waals surface area contributed by atoms with Gasteiger partial charge in [0.05, 0.1) is 11.1 Å². The zero-order valence-electron chi connectivity index (χ0n) is 17.3. The van der Waals surface area contributed by atoms with Crippen molar-refractivity contribution in [2.24, 2.45) is 0 Å². The van der Waals surface area contributed by atoms with E-state index < -0.39 is 0 Å². The van der Waals surface area contributed by atoms with Gasteiger partial charge in [-0.15, -0.1) is 0 Å². The molecular formula is C24H25N3O3. The summed E-state index contributed by atoms with van der Waals surface area (Å²) >= 11 is 0. The number of fused-ring (bicyclic) bond motifs is 2. The molecule has 6 heteroatoms. The minimum Gasteiger partial charge on any atom is -0.486 e. The molecule has 0 bridgehead atoms. The first-order chi connectivity index (χ1) is 14.6. The van der Waals surface area contributed by atoms with Crippen molar-refractivity contribution in [1.82, 2.24) is 4.98 Å². The first kappa shape index (κ1) is 18.7. The number of carbonyl (C=O) groups excluding carboxylic acids is 1. The van der Waals surface area contributed by atoms with Crippen LogP contribution in [0.2, 0.25) is 0 Å². The maximum absolute atomic E-state index is 13.3. The van der Waals surface area contributed by atoms with E-state index >= 15 is 0 Å². The second-order valence-corrected chi connectivity index (χ2v) is 8.01. The van der Waals surface area contributed by atoms with Crippen molar-refractivity contribution in [3.63, 3.8) is 0 Å². The molecule has 6 nitrogen and oxygen atoms in total. The Labute approximate surface area is 175 Å². The Morgan fingerprint density at radius 1 is 1.00 bits per heavy atom. The lowest BCUT2D eigenvalue weighted by Crippen LogP contribution is -2.24. The maximum atomic E-state index is 13.3. The summed E-state index contributed by atoms with van der Waals surface area (Å²) in [5.41, 5.74) is 4.51. The molecule has 3 aromatic rings. The van der Waals surface area contributed by atoms with E-state index in [1.165, 1.54) is 5.56 Å². The van der Waals surface area contributed by atoms with E-state index in [0.29, 0.717) is 36.0 Å². The second kappa shape index (κ2) is 7.52. The number of anilines is 2. The lowest BCUT2D eigenvalue weighted by atomic mass is 10.0. The summed E-state index contributed by atoms with van der Waals surface area (Å²) in [5.74, 6) is 1.96. The molecule has 0 atom stereocenters. The molecule has 1 amide bonds. The quantitative estimate of drug-likeness (QED) is 0.699. The van der Waals surface area contributed by atoms with E-state index in [1.54, 1.807) is 0 Å². The van der Waals surface area contributed by atoms with Gasteiger partial charge in [-0.1, -0.05) is 6.07 Å². The number of rotatable bonds is 3. The summed E-state index contributed by atoms with van der Waals surface area (Å²) in [6.45, 7) is 7.04. The van der Waals surface area contributed by atoms with E-state index in [9.17, 15) is 4.79 Å². The van der Waals surface area contributed by atoms with Crippen molar-refractivity contribution in [1.29, 1.82) is 0 Å². The van der Waals surface area contributed by atoms with Gasteiger partial charge in [0.15, 0.2) is 11.5 Å². The fraction of sp³-hybridized carbons (Fsp3) is 0.333. The number of nitrogens with one attached hydrogen (secondary N) is 1. The van der Waals surface area contributed by atoms with Crippen LogP contribution in [0.3, 0.4) is 0 Å². The predicted octanol–water partition coefficient (Wildman–Crippen LogP) is 4.48. The van der Waals surface area contributed by atoms with Crippen molar-refractivity contribution in [3.05, 3.63) is 53.1 Å². The average molecular weight is 403 g/mol. The molecule has 0 unspecified atom stereocenters. The third kappa shape index (κ3) is 3.43. The minimum atomic E-state index is -0.164. The standard InChI is InChI=1S/C24H25N3O3/c1-15-11-16(2)18-14-19(23(26-20(18)12-15)27-7-3-4-8-27)24(28)25-17-5-6-21-22(13-17)30-10-9-29-21/h5-6,11-14H,3-4,7-10H2,1-2H3,(H,25,28). The van der Waals surface area contributed by atoms with Gasteiger partial charge in [0.25, 0.3) is 5.91 Å². The van der Waals surface area contributed by atoms with Crippen LogP contribution in [-0.4, -0.2) is 37.2 Å². The highest BCUT2D eigenvalue weighted by Crippen LogP contribution is 2.34. The molecule has 3 heterocycles. The van der Waals surface area contributed by atoms with Gasteiger partial charge >= 0.3 is 0 Å². The predicted molar refractivity (Wildman–Crippen MR) is 118 cm³/mol. The normalized spacial score (nSPS) is 15.5. The van der Waals surface area contributed by atoms with Crippen molar-refractivity contribution >= 4 is 28.3 Å². The number of carbonyl (C=O) groups is 1. The van der Waals surface area contributed by atoms with Crippen LogP contribution < -0.4 is 19.7 Å². The number of hydrogen-bond acceptors (Lipinski definition) is 5. The van der Waals surface area contributed by atoms with Crippen LogP contribution in [0.1, 0.15) is 34.3 Å². The van der Waals surface area contributed by atoms with Crippen LogP contribution in [0.25, 0.3) is 10.9 Å². The van der Waals surface area contributed by atoms with Crippen molar-refractivity contribution in [2.75, 3.05) is 36.5 Å². The number of amides is 1. The first-order valence-corrected chi connectivity index (χ1v) is 10.5. The Morgan fingerprint density at radius 3 is 2.57 bits per heavy atom. The van der Waals surface area contributed by atoms with E-state index in [-0.39, 0.29) is 5.91 Å². The Morgan fingerprint density at radius 2 is 1.77 bits per heavy atom. The zero-order chi connectivity index (χ0) is 20.7. The third-order valence-corrected chi connectivity index (χ3v) is 5.72. The highest BCUT2D eigenvalue weighted by molar-refractivity contribution is 6.10. The molecule has 5 rings (SSSR count). The zero-order valence-corrected chi connectivity index (χ0v) is 17.3. The highest BCUT2D eigenvalue weighted by atomic mass is 16.6. The average Bonchev–Trinajstić information content (AvgIpc) is 3.27. The van der Waals surface area contributed by atoms with E-state index in [2.05, 4.69) is 36.2 Å². The molecule has 0 aliphatic carbocycles. The molecule has 0 saturated carbocycles. The molecule has 1 aromatic heterocycles. The monoisotopic (exact) mass is 403 g/mol. The molecule has 2 aromatic carbocycles. The second-order valence-electron chi connectivity index (χ2n) is 8.01. The number of hydrogen-bond donors (Lipinski definition) is 1. The summed E-state index contributed by atoms with van der Waals surface area (Å²) in [4.78, 5) is 20.5. The van der Waals surface area contributed by atoms with E-state index in [1.807, 2.05) is 24.3 Å². The van der Waals surface area contributed by atoms with Crippen molar-refractivity contribution in [2.45, 2.75) is 26.7 Å². The molecule has 2 aliphatic heterocycles. The van der Waals surface area contributed by atoms with Gasteiger partial charge in [-0.3, -0.25) is 4.79 Å². The molecule has 154 valence electrons. The van der Waals surface area contributed by atoms with Gasteiger partial charge in [-0.05, 0) is 62.1 Å². The lowest BCUT2D eigenvalue weighted by molar-refractivity contribution is 0.102. The molecule has 1 saturated heterocycles.